The quantitative estimate of drug-likeness (QED) is 0.663. The van der Waals surface area contributed by atoms with Crippen LogP contribution >= 0.6 is 0 Å². The zero-order valence-electron chi connectivity index (χ0n) is 11.2. The van der Waals surface area contributed by atoms with E-state index in [9.17, 15) is 9.59 Å². The van der Waals surface area contributed by atoms with Crippen molar-refractivity contribution in [3.05, 3.63) is 0 Å². The van der Waals surface area contributed by atoms with Crippen LogP contribution in [0.2, 0.25) is 0 Å². The number of hydrogen-bond donors (Lipinski definition) is 2. The molecule has 1 saturated heterocycles. The molecule has 1 rings (SSSR count). The van der Waals surface area contributed by atoms with Gasteiger partial charge in [-0.1, -0.05) is 6.92 Å². The number of amides is 2. The zero-order chi connectivity index (χ0) is 13.4. The Morgan fingerprint density at radius 2 is 2.28 bits per heavy atom. The van der Waals surface area contributed by atoms with Crippen molar-refractivity contribution in [2.24, 2.45) is 0 Å². The molecule has 0 radical (unpaired) electrons. The van der Waals surface area contributed by atoms with E-state index in [2.05, 4.69) is 10.6 Å². The van der Waals surface area contributed by atoms with Crippen molar-refractivity contribution in [1.82, 2.24) is 15.5 Å². The monoisotopic (exact) mass is 257 g/mol. The van der Waals surface area contributed by atoms with E-state index in [1.807, 2.05) is 6.92 Å². The molecule has 1 atom stereocenters. The van der Waals surface area contributed by atoms with Crippen LogP contribution in [0.15, 0.2) is 0 Å². The molecule has 1 heterocycles. The minimum absolute atomic E-state index is 0.0374. The average molecular weight is 257 g/mol. The van der Waals surface area contributed by atoms with Crippen molar-refractivity contribution >= 4 is 11.8 Å². The van der Waals surface area contributed by atoms with E-state index in [0.717, 1.165) is 13.0 Å². The highest BCUT2D eigenvalue weighted by Crippen LogP contribution is 2.01. The molecule has 0 aromatic heterocycles. The lowest BCUT2D eigenvalue weighted by molar-refractivity contribution is -0.135. The Morgan fingerprint density at radius 3 is 2.89 bits per heavy atom. The summed E-state index contributed by atoms with van der Waals surface area (Å²) in [4.78, 5) is 24.8. The molecular weight excluding hydrogens is 234 g/mol. The first kappa shape index (κ1) is 14.9. The molecule has 0 aromatic rings. The minimum atomic E-state index is -0.111. The number of rotatable bonds is 6. The fraction of sp³-hybridized carbons (Fsp3) is 0.833. The Labute approximate surface area is 108 Å². The van der Waals surface area contributed by atoms with Crippen molar-refractivity contribution in [3.8, 4) is 0 Å². The number of nitrogens with zero attached hydrogens (tertiary/aromatic N) is 1. The Balaban J connectivity index is 2.25. The second-order valence-electron chi connectivity index (χ2n) is 4.53. The third-order valence-electron chi connectivity index (χ3n) is 2.80. The fourth-order valence-electron chi connectivity index (χ4n) is 1.74. The lowest BCUT2D eigenvalue weighted by Crippen LogP contribution is -2.46. The maximum Gasteiger partial charge on any atom is 0.239 e. The summed E-state index contributed by atoms with van der Waals surface area (Å²) < 4.78 is 5.28. The van der Waals surface area contributed by atoms with Gasteiger partial charge in [-0.05, 0) is 6.42 Å². The molecule has 6 nitrogen and oxygen atoms in total. The minimum Gasteiger partial charge on any atom is -0.378 e. The normalized spacial score (nSPS) is 19.3. The maximum atomic E-state index is 11.9. The predicted octanol–water partition coefficient (Wildman–Crippen LogP) is -0.650. The van der Waals surface area contributed by atoms with Gasteiger partial charge in [0.2, 0.25) is 11.8 Å². The highest BCUT2D eigenvalue weighted by molar-refractivity contribution is 5.84. The third-order valence-corrected chi connectivity index (χ3v) is 2.80. The summed E-state index contributed by atoms with van der Waals surface area (Å²) >= 11 is 0. The van der Waals surface area contributed by atoms with Gasteiger partial charge in [0.05, 0.1) is 19.8 Å². The van der Waals surface area contributed by atoms with Crippen LogP contribution in [0.4, 0.5) is 0 Å². The zero-order valence-corrected chi connectivity index (χ0v) is 11.2. The summed E-state index contributed by atoms with van der Waals surface area (Å²) in [6.45, 7) is 4.79. The molecule has 2 N–H and O–H groups in total. The summed E-state index contributed by atoms with van der Waals surface area (Å²) in [6.07, 6.45) is 1.27. The SMILES string of the molecule is CCCNC(=O)CN(C)C(=O)CC1COCCN1. The van der Waals surface area contributed by atoms with E-state index in [1.54, 1.807) is 7.05 Å². The first-order valence-electron chi connectivity index (χ1n) is 6.45. The van der Waals surface area contributed by atoms with Gasteiger partial charge in [0, 0.05) is 32.6 Å². The first-order chi connectivity index (χ1) is 8.63. The lowest BCUT2D eigenvalue weighted by Gasteiger charge is -2.25. The van der Waals surface area contributed by atoms with Crippen LogP contribution in [0.25, 0.3) is 0 Å². The second-order valence-corrected chi connectivity index (χ2v) is 4.53. The first-order valence-corrected chi connectivity index (χ1v) is 6.45. The number of morpholine rings is 1. The molecule has 1 fully saturated rings. The summed E-state index contributed by atoms with van der Waals surface area (Å²) in [5.74, 6) is -0.148. The molecular formula is C12H23N3O3. The number of carbonyl (C=O) groups excluding carboxylic acids is 2. The van der Waals surface area contributed by atoms with Crippen LogP contribution in [0.5, 0.6) is 0 Å². The van der Waals surface area contributed by atoms with Gasteiger partial charge in [-0.15, -0.1) is 0 Å². The largest absolute Gasteiger partial charge is 0.378 e. The van der Waals surface area contributed by atoms with Gasteiger partial charge in [0.15, 0.2) is 0 Å². The molecule has 18 heavy (non-hydrogen) atoms. The Bertz CT molecular complexity index is 278. The lowest BCUT2D eigenvalue weighted by atomic mass is 10.2. The molecule has 2 amide bonds. The summed E-state index contributed by atoms with van der Waals surface area (Å²) in [7, 11) is 1.65. The molecule has 6 heteroatoms. The fourth-order valence-corrected chi connectivity index (χ4v) is 1.74. The maximum absolute atomic E-state index is 11.9. The average Bonchev–Trinajstić information content (AvgIpc) is 2.37. The topological polar surface area (TPSA) is 70.7 Å². The molecule has 0 bridgehead atoms. The van der Waals surface area contributed by atoms with Crippen molar-refractivity contribution in [2.45, 2.75) is 25.8 Å². The standard InChI is InChI=1S/C12H23N3O3/c1-3-4-14-11(16)8-15(2)12(17)7-10-9-18-6-5-13-10/h10,13H,3-9H2,1-2H3,(H,14,16). The molecule has 0 saturated carbocycles. The van der Waals surface area contributed by atoms with E-state index < -0.39 is 0 Å². The van der Waals surface area contributed by atoms with Crippen molar-refractivity contribution in [3.63, 3.8) is 0 Å². The van der Waals surface area contributed by atoms with Crippen LogP contribution < -0.4 is 10.6 Å². The highest BCUT2D eigenvalue weighted by Gasteiger charge is 2.20. The van der Waals surface area contributed by atoms with Gasteiger partial charge in [-0.3, -0.25) is 9.59 Å². The number of likely N-dealkylation sites (N-methyl/N-ethyl adjacent to an activating group) is 1. The molecule has 0 spiro atoms. The Morgan fingerprint density at radius 1 is 1.50 bits per heavy atom. The van der Waals surface area contributed by atoms with Crippen molar-refractivity contribution in [2.75, 3.05) is 39.9 Å². The van der Waals surface area contributed by atoms with Gasteiger partial charge in [-0.2, -0.15) is 0 Å². The van der Waals surface area contributed by atoms with Crippen molar-refractivity contribution < 1.29 is 14.3 Å². The van der Waals surface area contributed by atoms with Gasteiger partial charge < -0.3 is 20.3 Å². The summed E-state index contributed by atoms with van der Waals surface area (Å²) in [5, 5.41) is 5.97. The molecule has 1 aliphatic rings. The van der Waals surface area contributed by atoms with E-state index in [0.29, 0.717) is 26.2 Å². The van der Waals surface area contributed by atoms with E-state index in [1.165, 1.54) is 4.90 Å². The van der Waals surface area contributed by atoms with E-state index >= 15 is 0 Å². The van der Waals surface area contributed by atoms with Crippen LogP contribution in [0.1, 0.15) is 19.8 Å². The van der Waals surface area contributed by atoms with Gasteiger partial charge in [0.1, 0.15) is 0 Å². The van der Waals surface area contributed by atoms with Gasteiger partial charge in [0.25, 0.3) is 0 Å². The third kappa shape index (κ3) is 5.46. The van der Waals surface area contributed by atoms with Crippen LogP contribution in [-0.2, 0) is 14.3 Å². The van der Waals surface area contributed by atoms with Gasteiger partial charge in [-0.25, -0.2) is 0 Å². The van der Waals surface area contributed by atoms with Crippen molar-refractivity contribution in [1.29, 1.82) is 0 Å². The van der Waals surface area contributed by atoms with Crippen LogP contribution in [0, 0.1) is 0 Å². The number of nitrogens with one attached hydrogen (secondary N) is 2. The molecule has 0 aromatic carbocycles. The van der Waals surface area contributed by atoms with Crippen LogP contribution in [-0.4, -0.2) is 62.7 Å². The Kier molecular flexibility index (Phi) is 6.67. The summed E-state index contributed by atoms with van der Waals surface area (Å²) in [6, 6.07) is 0.0624. The molecule has 104 valence electrons. The second kappa shape index (κ2) is 8.05. The smallest absolute Gasteiger partial charge is 0.239 e. The van der Waals surface area contributed by atoms with Gasteiger partial charge >= 0.3 is 0 Å². The van der Waals surface area contributed by atoms with E-state index in [-0.39, 0.29) is 24.4 Å². The predicted molar refractivity (Wildman–Crippen MR) is 68.2 cm³/mol. The highest BCUT2D eigenvalue weighted by atomic mass is 16.5. The Hall–Kier alpha value is -1.14. The number of hydrogen-bond acceptors (Lipinski definition) is 4. The molecule has 0 aliphatic carbocycles. The molecule has 1 aliphatic heterocycles. The number of ether oxygens (including phenoxy) is 1. The summed E-state index contributed by atoms with van der Waals surface area (Å²) in [5.41, 5.74) is 0. The molecule has 1 unspecified atom stereocenters. The van der Waals surface area contributed by atoms with Crippen LogP contribution in [0.3, 0.4) is 0 Å². The number of carbonyl (C=O) groups is 2. The van der Waals surface area contributed by atoms with E-state index in [4.69, 9.17) is 4.74 Å².